The smallest absolute Gasteiger partial charge is 0.0755 e. The van der Waals surface area contributed by atoms with Crippen LogP contribution in [-0.4, -0.2) is 41.0 Å². The Bertz CT molecular complexity index is 295. The van der Waals surface area contributed by atoms with E-state index in [2.05, 4.69) is 34.2 Å². The summed E-state index contributed by atoms with van der Waals surface area (Å²) < 4.78 is 0. The van der Waals surface area contributed by atoms with Crippen molar-refractivity contribution in [2.45, 2.75) is 25.4 Å². The minimum Gasteiger partial charge on any atom is -0.315 e. The molecule has 1 N–H and O–H groups in total. The van der Waals surface area contributed by atoms with E-state index in [1.54, 1.807) is 12.4 Å². The predicted molar refractivity (Wildman–Crippen MR) is 59.5 cm³/mol. The molecule has 4 heteroatoms. The van der Waals surface area contributed by atoms with Gasteiger partial charge in [-0.05, 0) is 26.9 Å². The maximum absolute atomic E-state index is 4.35. The van der Waals surface area contributed by atoms with Crippen LogP contribution in [0.4, 0.5) is 0 Å². The van der Waals surface area contributed by atoms with Crippen molar-refractivity contribution < 1.29 is 0 Å². The third-order valence-corrected chi connectivity index (χ3v) is 3.23. The summed E-state index contributed by atoms with van der Waals surface area (Å²) in [5.74, 6) is 0. The van der Waals surface area contributed by atoms with Crippen LogP contribution in [-0.2, 0) is 0 Å². The van der Waals surface area contributed by atoms with Gasteiger partial charge < -0.3 is 5.32 Å². The van der Waals surface area contributed by atoms with Crippen molar-refractivity contribution in [3.8, 4) is 0 Å². The zero-order chi connectivity index (χ0) is 10.7. The molecule has 15 heavy (non-hydrogen) atoms. The van der Waals surface area contributed by atoms with Gasteiger partial charge in [0.05, 0.1) is 11.7 Å². The summed E-state index contributed by atoms with van der Waals surface area (Å²) in [6.07, 6.45) is 6.55. The van der Waals surface area contributed by atoms with Crippen LogP contribution in [0.3, 0.4) is 0 Å². The molecule has 1 aromatic heterocycles. The molecule has 0 amide bonds. The van der Waals surface area contributed by atoms with E-state index in [1.165, 1.54) is 6.42 Å². The fourth-order valence-corrected chi connectivity index (χ4v) is 2.04. The highest BCUT2D eigenvalue weighted by Gasteiger charge is 2.24. The van der Waals surface area contributed by atoms with Crippen LogP contribution in [0.5, 0.6) is 0 Å². The van der Waals surface area contributed by atoms with Gasteiger partial charge in [-0.25, -0.2) is 0 Å². The molecule has 1 aliphatic rings. The van der Waals surface area contributed by atoms with E-state index in [1.807, 2.05) is 6.20 Å². The van der Waals surface area contributed by atoms with Crippen LogP contribution in [0.15, 0.2) is 18.6 Å². The van der Waals surface area contributed by atoms with E-state index in [-0.39, 0.29) is 0 Å². The number of nitrogens with one attached hydrogen (secondary N) is 1. The number of hydrogen-bond donors (Lipinski definition) is 1. The maximum atomic E-state index is 4.35. The summed E-state index contributed by atoms with van der Waals surface area (Å²) >= 11 is 0. The van der Waals surface area contributed by atoms with Gasteiger partial charge in [-0.1, -0.05) is 0 Å². The molecule has 1 saturated heterocycles. The lowest BCUT2D eigenvalue weighted by molar-refractivity contribution is 0.193. The summed E-state index contributed by atoms with van der Waals surface area (Å²) in [7, 11) is 2.16. The average molecular weight is 206 g/mol. The summed E-state index contributed by atoms with van der Waals surface area (Å²) in [5.41, 5.74) is 1.05. The van der Waals surface area contributed by atoms with Crippen LogP contribution >= 0.6 is 0 Å². The Labute approximate surface area is 90.7 Å². The first-order valence-corrected chi connectivity index (χ1v) is 5.47. The second kappa shape index (κ2) is 4.68. The van der Waals surface area contributed by atoms with Crippen LogP contribution in [0, 0.1) is 0 Å². The molecule has 0 radical (unpaired) electrons. The van der Waals surface area contributed by atoms with Crippen molar-refractivity contribution in [1.29, 1.82) is 0 Å². The van der Waals surface area contributed by atoms with Crippen molar-refractivity contribution in [2.24, 2.45) is 0 Å². The lowest BCUT2D eigenvalue weighted by atomic mass is 10.1. The van der Waals surface area contributed by atoms with E-state index in [9.17, 15) is 0 Å². The molecule has 0 saturated carbocycles. The van der Waals surface area contributed by atoms with E-state index in [4.69, 9.17) is 0 Å². The SMILES string of the molecule is C[C@@H](c1cnccn1)N(C)[C@@H]1CCNC1. The molecule has 4 nitrogen and oxygen atoms in total. The van der Waals surface area contributed by atoms with Gasteiger partial charge in [0.15, 0.2) is 0 Å². The van der Waals surface area contributed by atoms with E-state index in [0.717, 1.165) is 18.8 Å². The summed E-state index contributed by atoms with van der Waals surface area (Å²) in [6, 6.07) is 0.964. The second-order valence-electron chi connectivity index (χ2n) is 4.12. The Morgan fingerprint density at radius 2 is 2.40 bits per heavy atom. The lowest BCUT2D eigenvalue weighted by Gasteiger charge is -2.29. The highest BCUT2D eigenvalue weighted by atomic mass is 15.2. The van der Waals surface area contributed by atoms with Crippen molar-refractivity contribution in [3.05, 3.63) is 24.3 Å². The number of rotatable bonds is 3. The molecular weight excluding hydrogens is 188 g/mol. The Hall–Kier alpha value is -1.00. The van der Waals surface area contributed by atoms with Crippen LogP contribution in [0.25, 0.3) is 0 Å². The average Bonchev–Trinajstić information content (AvgIpc) is 2.82. The van der Waals surface area contributed by atoms with Gasteiger partial charge in [-0.2, -0.15) is 0 Å². The standard InChI is InChI=1S/C11H18N4/c1-9(11-8-13-5-6-14-11)15(2)10-3-4-12-7-10/h5-6,8-10,12H,3-4,7H2,1-2H3/t9-,10+/m0/s1. The molecule has 1 aromatic rings. The van der Waals surface area contributed by atoms with E-state index >= 15 is 0 Å². The van der Waals surface area contributed by atoms with Crippen molar-refractivity contribution in [2.75, 3.05) is 20.1 Å². The number of likely N-dealkylation sites (N-methyl/N-ethyl adjacent to an activating group) is 1. The van der Waals surface area contributed by atoms with E-state index in [0.29, 0.717) is 12.1 Å². The molecule has 2 atom stereocenters. The highest BCUT2D eigenvalue weighted by Crippen LogP contribution is 2.20. The molecule has 0 aliphatic carbocycles. The van der Waals surface area contributed by atoms with Crippen molar-refractivity contribution in [1.82, 2.24) is 20.2 Å². The molecule has 82 valence electrons. The molecule has 0 spiro atoms. The van der Waals surface area contributed by atoms with Gasteiger partial charge in [0.25, 0.3) is 0 Å². The van der Waals surface area contributed by atoms with Crippen LogP contribution in [0.2, 0.25) is 0 Å². The second-order valence-corrected chi connectivity index (χ2v) is 4.12. The molecule has 0 aromatic carbocycles. The van der Waals surface area contributed by atoms with Gasteiger partial charge >= 0.3 is 0 Å². The molecule has 1 aliphatic heterocycles. The van der Waals surface area contributed by atoms with Crippen molar-refractivity contribution in [3.63, 3.8) is 0 Å². The topological polar surface area (TPSA) is 41.1 Å². The first kappa shape index (κ1) is 10.5. The zero-order valence-corrected chi connectivity index (χ0v) is 9.35. The minimum absolute atomic E-state index is 0.337. The molecule has 1 fully saturated rings. The van der Waals surface area contributed by atoms with Crippen LogP contribution < -0.4 is 5.32 Å². The molecule has 0 bridgehead atoms. The van der Waals surface area contributed by atoms with Gasteiger partial charge in [-0.3, -0.25) is 14.9 Å². The predicted octanol–water partition coefficient (Wildman–Crippen LogP) is 0.831. The molecular formula is C11H18N4. The number of aromatic nitrogens is 2. The minimum atomic E-state index is 0.337. The Balaban J connectivity index is 2.03. The highest BCUT2D eigenvalue weighted by molar-refractivity contribution is 5.02. The number of hydrogen-bond acceptors (Lipinski definition) is 4. The molecule has 2 heterocycles. The molecule has 0 unspecified atom stereocenters. The quantitative estimate of drug-likeness (QED) is 0.795. The van der Waals surface area contributed by atoms with Crippen molar-refractivity contribution >= 4 is 0 Å². The Kier molecular flexibility index (Phi) is 3.28. The van der Waals surface area contributed by atoms with Gasteiger partial charge in [0.1, 0.15) is 0 Å². The van der Waals surface area contributed by atoms with Gasteiger partial charge in [0.2, 0.25) is 0 Å². The van der Waals surface area contributed by atoms with Gasteiger partial charge in [0, 0.05) is 31.2 Å². The van der Waals surface area contributed by atoms with E-state index < -0.39 is 0 Å². The largest absolute Gasteiger partial charge is 0.315 e. The zero-order valence-electron chi connectivity index (χ0n) is 9.35. The first-order valence-electron chi connectivity index (χ1n) is 5.47. The first-order chi connectivity index (χ1) is 7.29. The monoisotopic (exact) mass is 206 g/mol. The summed E-state index contributed by atoms with van der Waals surface area (Å²) in [4.78, 5) is 10.8. The molecule has 2 rings (SSSR count). The Morgan fingerprint density at radius 1 is 1.53 bits per heavy atom. The lowest BCUT2D eigenvalue weighted by Crippen LogP contribution is -2.35. The third kappa shape index (κ3) is 2.33. The number of nitrogens with zero attached hydrogens (tertiary/aromatic N) is 3. The fraction of sp³-hybridized carbons (Fsp3) is 0.636. The van der Waals surface area contributed by atoms with Gasteiger partial charge in [-0.15, -0.1) is 0 Å². The summed E-state index contributed by atoms with van der Waals surface area (Å²) in [5, 5.41) is 3.38. The normalized spacial score (nSPS) is 23.3. The van der Waals surface area contributed by atoms with Crippen LogP contribution in [0.1, 0.15) is 25.1 Å². The Morgan fingerprint density at radius 3 is 3.00 bits per heavy atom. The third-order valence-electron chi connectivity index (χ3n) is 3.23. The maximum Gasteiger partial charge on any atom is 0.0755 e. The fourth-order valence-electron chi connectivity index (χ4n) is 2.04. The summed E-state index contributed by atoms with van der Waals surface area (Å²) in [6.45, 7) is 4.39.